The highest BCUT2D eigenvalue weighted by molar-refractivity contribution is 6.02. The largest absolute Gasteiger partial charge is 0.478 e. The van der Waals surface area contributed by atoms with E-state index in [1.165, 1.54) is 6.07 Å². The predicted molar refractivity (Wildman–Crippen MR) is 60.0 cm³/mol. The summed E-state index contributed by atoms with van der Waals surface area (Å²) in [4.78, 5) is 21.8. The molecule has 0 atom stereocenters. The second-order valence-electron chi connectivity index (χ2n) is 3.71. The molecule has 82 valence electrons. The number of carboxylic acids is 1. The van der Waals surface area contributed by atoms with Crippen molar-refractivity contribution in [1.29, 1.82) is 0 Å². The molecule has 1 aromatic carbocycles. The molecular weight excluding hydrogens is 206 g/mol. The zero-order valence-electron chi connectivity index (χ0n) is 9.02. The lowest BCUT2D eigenvalue weighted by Gasteiger charge is -1.98. The second kappa shape index (κ2) is 3.48. The predicted octanol–water partition coefficient (Wildman–Crippen LogP) is 2.00. The Bertz CT molecular complexity index is 596. The summed E-state index contributed by atoms with van der Waals surface area (Å²) in [5.74, 6) is -0.986. The first-order chi connectivity index (χ1) is 7.56. The van der Waals surface area contributed by atoms with Gasteiger partial charge in [-0.3, -0.25) is 4.79 Å². The van der Waals surface area contributed by atoms with Crippen LogP contribution in [0, 0.1) is 6.92 Å². The van der Waals surface area contributed by atoms with Gasteiger partial charge >= 0.3 is 5.97 Å². The molecule has 0 amide bonds. The van der Waals surface area contributed by atoms with Gasteiger partial charge in [-0.2, -0.15) is 0 Å². The highest BCUT2D eigenvalue weighted by Gasteiger charge is 2.13. The van der Waals surface area contributed by atoms with E-state index in [-0.39, 0.29) is 5.56 Å². The Morgan fingerprint density at radius 2 is 2.12 bits per heavy atom. The van der Waals surface area contributed by atoms with Crippen LogP contribution in [0.1, 0.15) is 26.4 Å². The van der Waals surface area contributed by atoms with Crippen molar-refractivity contribution in [2.45, 2.75) is 6.92 Å². The summed E-state index contributed by atoms with van der Waals surface area (Å²) in [6.07, 6.45) is 0.767. The number of hydrogen-bond acceptors (Lipinski definition) is 2. The lowest BCUT2D eigenvalue weighted by Crippen LogP contribution is -1.95. The number of carbonyl (C=O) groups excluding carboxylic acids is 1. The van der Waals surface area contributed by atoms with Crippen molar-refractivity contribution in [3.8, 4) is 0 Å². The SMILES string of the molecule is Cc1c(C=O)c2cc(C(=O)O)ccc2n1C. The number of aromatic nitrogens is 1. The van der Waals surface area contributed by atoms with Crippen LogP contribution in [0.2, 0.25) is 0 Å². The van der Waals surface area contributed by atoms with Crippen molar-refractivity contribution < 1.29 is 14.7 Å². The summed E-state index contributed by atoms with van der Waals surface area (Å²) in [5, 5.41) is 9.58. The van der Waals surface area contributed by atoms with E-state index in [4.69, 9.17) is 5.11 Å². The van der Waals surface area contributed by atoms with Crippen molar-refractivity contribution in [3.63, 3.8) is 0 Å². The molecule has 2 aromatic rings. The number of nitrogens with zero attached hydrogens (tertiary/aromatic N) is 1. The van der Waals surface area contributed by atoms with Crippen molar-refractivity contribution >= 4 is 23.2 Å². The quantitative estimate of drug-likeness (QED) is 0.782. The number of hydrogen-bond donors (Lipinski definition) is 1. The Morgan fingerprint density at radius 3 is 2.69 bits per heavy atom. The fourth-order valence-corrected chi connectivity index (χ4v) is 1.88. The summed E-state index contributed by atoms with van der Waals surface area (Å²) in [7, 11) is 1.85. The van der Waals surface area contributed by atoms with Gasteiger partial charge in [-0.15, -0.1) is 0 Å². The fourth-order valence-electron chi connectivity index (χ4n) is 1.88. The topological polar surface area (TPSA) is 59.3 Å². The van der Waals surface area contributed by atoms with Crippen LogP contribution in [0.3, 0.4) is 0 Å². The molecule has 0 saturated carbocycles. The molecule has 4 nitrogen and oxygen atoms in total. The van der Waals surface area contributed by atoms with E-state index >= 15 is 0 Å². The Hall–Kier alpha value is -2.10. The van der Waals surface area contributed by atoms with Gasteiger partial charge in [0.1, 0.15) is 0 Å². The smallest absolute Gasteiger partial charge is 0.335 e. The van der Waals surface area contributed by atoms with Crippen molar-refractivity contribution in [2.75, 3.05) is 0 Å². The molecule has 0 aliphatic rings. The van der Waals surface area contributed by atoms with Crippen LogP contribution >= 0.6 is 0 Å². The highest BCUT2D eigenvalue weighted by atomic mass is 16.4. The Kier molecular flexibility index (Phi) is 2.27. The number of aldehydes is 1. The van der Waals surface area contributed by atoms with E-state index in [0.29, 0.717) is 10.9 Å². The average Bonchev–Trinajstić information content (AvgIpc) is 2.51. The molecule has 1 N–H and O–H groups in total. The molecule has 0 unspecified atom stereocenters. The Balaban J connectivity index is 2.86. The highest BCUT2D eigenvalue weighted by Crippen LogP contribution is 2.24. The number of carboxylic acid groups (broad SMARTS) is 1. The first-order valence-corrected chi connectivity index (χ1v) is 4.83. The minimum atomic E-state index is -0.986. The van der Waals surface area contributed by atoms with Gasteiger partial charge in [0, 0.05) is 29.2 Å². The van der Waals surface area contributed by atoms with Crippen LogP contribution in [0.25, 0.3) is 10.9 Å². The summed E-state index contributed by atoms with van der Waals surface area (Å²) < 4.78 is 1.88. The zero-order chi connectivity index (χ0) is 11.9. The average molecular weight is 217 g/mol. The van der Waals surface area contributed by atoms with Crippen molar-refractivity contribution in [2.24, 2.45) is 7.05 Å². The van der Waals surface area contributed by atoms with Crippen LogP contribution in [0.4, 0.5) is 0 Å². The summed E-state index contributed by atoms with van der Waals surface area (Å²) in [6, 6.07) is 4.80. The van der Waals surface area contributed by atoms with Gasteiger partial charge in [-0.25, -0.2) is 4.79 Å². The molecule has 0 saturated heterocycles. The van der Waals surface area contributed by atoms with E-state index in [1.807, 2.05) is 18.5 Å². The summed E-state index contributed by atoms with van der Waals surface area (Å²) in [6.45, 7) is 1.84. The van der Waals surface area contributed by atoms with Gasteiger partial charge in [-0.05, 0) is 25.1 Å². The lowest BCUT2D eigenvalue weighted by molar-refractivity contribution is 0.0697. The minimum Gasteiger partial charge on any atom is -0.478 e. The number of aromatic carboxylic acids is 1. The van der Waals surface area contributed by atoms with Crippen LogP contribution in [-0.4, -0.2) is 21.9 Å². The molecule has 0 fully saturated rings. The van der Waals surface area contributed by atoms with E-state index in [0.717, 1.165) is 17.5 Å². The van der Waals surface area contributed by atoms with Gasteiger partial charge in [0.25, 0.3) is 0 Å². The molecule has 16 heavy (non-hydrogen) atoms. The molecule has 0 aliphatic heterocycles. The minimum absolute atomic E-state index is 0.196. The maximum atomic E-state index is 11.0. The monoisotopic (exact) mass is 217 g/mol. The molecule has 2 rings (SSSR count). The third kappa shape index (κ3) is 1.31. The Labute approximate surface area is 92.1 Å². The van der Waals surface area contributed by atoms with E-state index < -0.39 is 5.97 Å². The standard InChI is InChI=1S/C12H11NO3/c1-7-10(6-14)9-5-8(12(15)16)3-4-11(9)13(7)2/h3-6H,1-2H3,(H,15,16). The number of carbonyl (C=O) groups is 2. The van der Waals surface area contributed by atoms with E-state index in [1.54, 1.807) is 12.1 Å². The van der Waals surface area contributed by atoms with Gasteiger partial charge in [-0.1, -0.05) is 0 Å². The number of benzene rings is 1. The van der Waals surface area contributed by atoms with Gasteiger partial charge < -0.3 is 9.67 Å². The molecule has 1 heterocycles. The van der Waals surface area contributed by atoms with Gasteiger partial charge in [0.2, 0.25) is 0 Å². The Morgan fingerprint density at radius 1 is 1.44 bits per heavy atom. The summed E-state index contributed by atoms with van der Waals surface area (Å²) >= 11 is 0. The maximum Gasteiger partial charge on any atom is 0.335 e. The van der Waals surface area contributed by atoms with Gasteiger partial charge in [0.15, 0.2) is 6.29 Å². The maximum absolute atomic E-state index is 11.0. The zero-order valence-corrected chi connectivity index (χ0v) is 9.02. The number of rotatable bonds is 2. The van der Waals surface area contributed by atoms with Crippen LogP contribution in [0.15, 0.2) is 18.2 Å². The molecule has 0 bridgehead atoms. The second-order valence-corrected chi connectivity index (χ2v) is 3.71. The fraction of sp³-hybridized carbons (Fsp3) is 0.167. The molecular formula is C12H11NO3. The number of aryl methyl sites for hydroxylation is 1. The van der Waals surface area contributed by atoms with Crippen LogP contribution < -0.4 is 0 Å². The van der Waals surface area contributed by atoms with Crippen molar-refractivity contribution in [3.05, 3.63) is 35.0 Å². The third-order valence-corrected chi connectivity index (χ3v) is 2.91. The number of fused-ring (bicyclic) bond motifs is 1. The van der Waals surface area contributed by atoms with Crippen molar-refractivity contribution in [1.82, 2.24) is 4.57 Å². The lowest BCUT2D eigenvalue weighted by atomic mass is 10.1. The van der Waals surface area contributed by atoms with Gasteiger partial charge in [0.05, 0.1) is 5.56 Å². The van der Waals surface area contributed by atoms with Crippen LogP contribution in [0.5, 0.6) is 0 Å². The summed E-state index contributed by atoms with van der Waals surface area (Å²) in [5.41, 5.74) is 2.46. The molecule has 4 heteroatoms. The molecule has 1 aromatic heterocycles. The third-order valence-electron chi connectivity index (χ3n) is 2.91. The molecule has 0 spiro atoms. The first-order valence-electron chi connectivity index (χ1n) is 4.83. The van der Waals surface area contributed by atoms with Crippen LogP contribution in [-0.2, 0) is 7.05 Å². The van der Waals surface area contributed by atoms with E-state index in [2.05, 4.69) is 0 Å². The first kappa shape index (κ1) is 10.4. The molecule has 0 radical (unpaired) electrons. The molecule has 0 aliphatic carbocycles. The normalized spacial score (nSPS) is 10.6. The van der Waals surface area contributed by atoms with E-state index in [9.17, 15) is 9.59 Å².